The van der Waals surface area contributed by atoms with Crippen LogP contribution in [-0.2, 0) is 16.3 Å². The Balaban J connectivity index is 1.72. The predicted molar refractivity (Wildman–Crippen MR) is 122 cm³/mol. The zero-order chi connectivity index (χ0) is 22.6. The quantitative estimate of drug-likeness (QED) is 0.596. The Morgan fingerprint density at radius 2 is 1.52 bits per heavy atom. The highest BCUT2D eigenvalue weighted by atomic mass is 32.2. The van der Waals surface area contributed by atoms with Gasteiger partial charge in [0.25, 0.3) is 11.8 Å². The third-order valence-electron chi connectivity index (χ3n) is 4.88. The Morgan fingerprint density at radius 3 is 2.13 bits per heavy atom. The number of hydrogen-bond donors (Lipinski definition) is 2. The molecule has 3 rings (SSSR count). The summed E-state index contributed by atoms with van der Waals surface area (Å²) in [6.45, 7) is 3.87. The molecule has 2 N–H and O–H groups in total. The molecule has 0 radical (unpaired) electrons. The summed E-state index contributed by atoms with van der Waals surface area (Å²) in [5.41, 5.74) is 3.91. The number of benzene rings is 3. The lowest BCUT2D eigenvalue weighted by atomic mass is 10.1. The molecule has 3 aromatic carbocycles. The third kappa shape index (κ3) is 5.58. The summed E-state index contributed by atoms with van der Waals surface area (Å²) < 4.78 is 23.4. The molecule has 160 valence electrons. The van der Waals surface area contributed by atoms with Crippen LogP contribution in [0.2, 0.25) is 0 Å². The first-order chi connectivity index (χ1) is 14.7. The van der Waals surface area contributed by atoms with Crippen LogP contribution in [0.4, 0.5) is 11.4 Å². The van der Waals surface area contributed by atoms with Crippen LogP contribution >= 0.6 is 0 Å². The van der Waals surface area contributed by atoms with E-state index in [9.17, 15) is 18.0 Å². The number of amides is 2. The lowest BCUT2D eigenvalue weighted by Crippen LogP contribution is -2.14. The van der Waals surface area contributed by atoms with Crippen molar-refractivity contribution >= 4 is 33.0 Å². The molecule has 0 atom stereocenters. The lowest BCUT2D eigenvalue weighted by Gasteiger charge is -2.12. The van der Waals surface area contributed by atoms with Gasteiger partial charge in [0, 0.05) is 28.8 Å². The van der Waals surface area contributed by atoms with Gasteiger partial charge in [0.05, 0.1) is 4.90 Å². The Hall–Kier alpha value is -3.45. The molecule has 0 unspecified atom stereocenters. The topological polar surface area (TPSA) is 92.3 Å². The molecule has 7 heteroatoms. The van der Waals surface area contributed by atoms with Gasteiger partial charge in [-0.3, -0.25) is 9.59 Å². The predicted octanol–water partition coefficient (Wildman–Crippen LogP) is 4.47. The van der Waals surface area contributed by atoms with E-state index < -0.39 is 15.7 Å². The van der Waals surface area contributed by atoms with Gasteiger partial charge >= 0.3 is 0 Å². The minimum Gasteiger partial charge on any atom is -0.322 e. The summed E-state index contributed by atoms with van der Waals surface area (Å²) in [5, 5.41) is 5.64. The van der Waals surface area contributed by atoms with Gasteiger partial charge in [-0.15, -0.1) is 0 Å². The maximum Gasteiger partial charge on any atom is 0.255 e. The van der Waals surface area contributed by atoms with Gasteiger partial charge in [0.15, 0.2) is 9.84 Å². The Morgan fingerprint density at radius 1 is 0.839 bits per heavy atom. The molecule has 6 nitrogen and oxygen atoms in total. The minimum atomic E-state index is -3.40. The number of rotatable bonds is 6. The first-order valence-corrected chi connectivity index (χ1v) is 11.7. The highest BCUT2D eigenvalue weighted by Gasteiger charge is 2.13. The van der Waals surface area contributed by atoms with Gasteiger partial charge in [-0.05, 0) is 73.0 Å². The molecular formula is C24H24N2O4S. The van der Waals surface area contributed by atoms with Crippen LogP contribution < -0.4 is 10.6 Å². The molecule has 0 fully saturated rings. The van der Waals surface area contributed by atoms with Crippen molar-refractivity contribution < 1.29 is 18.0 Å². The molecule has 0 spiro atoms. The SMILES string of the molecule is CCc1ccc(C(=O)Nc2ccc(NC(=O)c3cccc(S(C)(=O)=O)c3)c(C)c2)cc1. The van der Waals surface area contributed by atoms with Gasteiger partial charge in [0.1, 0.15) is 0 Å². The summed E-state index contributed by atoms with van der Waals surface area (Å²) >= 11 is 0. The standard InChI is InChI=1S/C24H24N2O4S/c1-4-17-8-10-18(11-9-17)23(27)25-20-12-13-22(16(2)14-20)26-24(28)19-6-5-7-21(15-19)31(3,29)30/h5-15H,4H2,1-3H3,(H,25,27)(H,26,28). The molecule has 0 saturated heterocycles. The van der Waals surface area contributed by atoms with Crippen molar-refractivity contribution in [2.24, 2.45) is 0 Å². The molecule has 0 aliphatic rings. The number of sulfone groups is 1. The van der Waals surface area contributed by atoms with Gasteiger partial charge in [0.2, 0.25) is 0 Å². The summed E-state index contributed by atoms with van der Waals surface area (Å²) in [5.74, 6) is -0.627. The van der Waals surface area contributed by atoms with Gasteiger partial charge < -0.3 is 10.6 Å². The van der Waals surface area contributed by atoms with Crippen molar-refractivity contribution in [3.8, 4) is 0 Å². The molecule has 0 aliphatic heterocycles. The smallest absolute Gasteiger partial charge is 0.255 e. The fourth-order valence-electron chi connectivity index (χ4n) is 3.04. The molecule has 0 aromatic heterocycles. The molecule has 0 saturated carbocycles. The molecule has 0 heterocycles. The van der Waals surface area contributed by atoms with E-state index in [0.717, 1.165) is 23.8 Å². The fourth-order valence-corrected chi connectivity index (χ4v) is 3.71. The van der Waals surface area contributed by atoms with E-state index >= 15 is 0 Å². The Labute approximate surface area is 182 Å². The second-order valence-electron chi connectivity index (χ2n) is 7.29. The zero-order valence-corrected chi connectivity index (χ0v) is 18.4. The van der Waals surface area contributed by atoms with E-state index in [1.165, 1.54) is 18.2 Å². The highest BCUT2D eigenvalue weighted by molar-refractivity contribution is 7.90. The van der Waals surface area contributed by atoms with Crippen LogP contribution in [-0.4, -0.2) is 26.5 Å². The monoisotopic (exact) mass is 436 g/mol. The van der Waals surface area contributed by atoms with E-state index in [1.807, 2.05) is 19.1 Å². The average Bonchev–Trinajstić information content (AvgIpc) is 2.75. The van der Waals surface area contributed by atoms with Crippen LogP contribution in [0.15, 0.2) is 71.6 Å². The van der Waals surface area contributed by atoms with E-state index in [-0.39, 0.29) is 16.4 Å². The van der Waals surface area contributed by atoms with Crippen molar-refractivity contribution in [1.82, 2.24) is 0 Å². The minimum absolute atomic E-state index is 0.0851. The van der Waals surface area contributed by atoms with E-state index in [4.69, 9.17) is 0 Å². The first kappa shape index (κ1) is 22.2. The summed E-state index contributed by atoms with van der Waals surface area (Å²) in [6.07, 6.45) is 2.01. The molecule has 2 amide bonds. The van der Waals surface area contributed by atoms with Gasteiger partial charge in [-0.1, -0.05) is 25.1 Å². The van der Waals surface area contributed by atoms with Crippen molar-refractivity contribution in [3.05, 3.63) is 89.0 Å². The maximum absolute atomic E-state index is 12.6. The number of carbonyl (C=O) groups excluding carboxylic acids is 2. The van der Waals surface area contributed by atoms with Crippen LogP contribution in [0.5, 0.6) is 0 Å². The lowest BCUT2D eigenvalue weighted by molar-refractivity contribution is 0.101. The number of aryl methyl sites for hydroxylation is 2. The van der Waals surface area contributed by atoms with Crippen LogP contribution in [0.3, 0.4) is 0 Å². The van der Waals surface area contributed by atoms with Crippen LogP contribution in [0.1, 0.15) is 38.8 Å². The largest absolute Gasteiger partial charge is 0.322 e. The second kappa shape index (κ2) is 9.14. The van der Waals surface area contributed by atoms with E-state index in [2.05, 4.69) is 17.6 Å². The van der Waals surface area contributed by atoms with Crippen LogP contribution in [0, 0.1) is 6.92 Å². The fraction of sp³-hybridized carbons (Fsp3) is 0.167. The van der Waals surface area contributed by atoms with Crippen molar-refractivity contribution in [3.63, 3.8) is 0 Å². The van der Waals surface area contributed by atoms with Crippen molar-refractivity contribution in [2.75, 3.05) is 16.9 Å². The summed E-state index contributed by atoms with van der Waals surface area (Å²) in [7, 11) is -3.40. The number of hydrogen-bond acceptors (Lipinski definition) is 4. The molecular weight excluding hydrogens is 412 g/mol. The normalized spacial score (nSPS) is 11.1. The second-order valence-corrected chi connectivity index (χ2v) is 9.30. The zero-order valence-electron chi connectivity index (χ0n) is 17.6. The maximum atomic E-state index is 12.6. The van der Waals surface area contributed by atoms with Gasteiger partial charge in [-0.25, -0.2) is 8.42 Å². The molecule has 0 bridgehead atoms. The van der Waals surface area contributed by atoms with E-state index in [1.54, 1.807) is 36.4 Å². The van der Waals surface area contributed by atoms with Crippen LogP contribution in [0.25, 0.3) is 0 Å². The first-order valence-electron chi connectivity index (χ1n) is 9.80. The molecule has 0 aliphatic carbocycles. The number of nitrogens with one attached hydrogen (secondary N) is 2. The number of carbonyl (C=O) groups is 2. The van der Waals surface area contributed by atoms with E-state index in [0.29, 0.717) is 16.9 Å². The number of anilines is 2. The summed E-state index contributed by atoms with van der Waals surface area (Å²) in [4.78, 5) is 25.1. The molecule has 3 aromatic rings. The highest BCUT2D eigenvalue weighted by Crippen LogP contribution is 2.22. The Kier molecular flexibility index (Phi) is 6.56. The average molecular weight is 437 g/mol. The molecule has 31 heavy (non-hydrogen) atoms. The van der Waals surface area contributed by atoms with Crippen molar-refractivity contribution in [1.29, 1.82) is 0 Å². The third-order valence-corrected chi connectivity index (χ3v) is 5.99. The Bertz CT molecular complexity index is 1230. The summed E-state index contributed by atoms with van der Waals surface area (Å²) in [6, 6.07) is 18.5. The van der Waals surface area contributed by atoms with Gasteiger partial charge in [-0.2, -0.15) is 0 Å². The van der Waals surface area contributed by atoms with Crippen molar-refractivity contribution in [2.45, 2.75) is 25.2 Å².